The van der Waals surface area contributed by atoms with Crippen molar-refractivity contribution in [2.24, 2.45) is 7.05 Å². The molecule has 8 heteroatoms. The second kappa shape index (κ2) is 7.19. The molecule has 0 saturated heterocycles. The second-order valence-corrected chi connectivity index (χ2v) is 8.40. The molecule has 7 nitrogen and oxygen atoms in total. The summed E-state index contributed by atoms with van der Waals surface area (Å²) >= 11 is 1.71. The number of rotatable bonds is 5. The number of nitrogens with one attached hydrogen (secondary N) is 3. The van der Waals surface area contributed by atoms with E-state index in [1.54, 1.807) is 25.3 Å². The highest BCUT2D eigenvalue weighted by atomic mass is 32.1. The van der Waals surface area contributed by atoms with Gasteiger partial charge in [-0.15, -0.1) is 11.3 Å². The molecule has 3 aromatic heterocycles. The van der Waals surface area contributed by atoms with E-state index in [2.05, 4.69) is 21.5 Å². The van der Waals surface area contributed by atoms with Crippen LogP contribution in [0.4, 0.5) is 0 Å². The number of nitrogens with zero attached hydrogens (tertiary/aromatic N) is 1. The average molecular weight is 388 g/mol. The first-order chi connectivity index (χ1) is 12.7. The lowest BCUT2D eigenvalue weighted by Crippen LogP contribution is -2.28. The number of amides is 1. The molecule has 0 aliphatic carbocycles. The fraction of sp³-hybridized carbons (Fsp3) is 0.421. The minimum atomic E-state index is -0.264. The van der Waals surface area contributed by atoms with Crippen LogP contribution in [0.3, 0.4) is 0 Å². The maximum atomic E-state index is 12.4. The fourth-order valence-corrected chi connectivity index (χ4v) is 4.57. The third-order valence-corrected chi connectivity index (χ3v) is 5.91. The smallest absolute Gasteiger partial charge is 0.273 e. The van der Waals surface area contributed by atoms with Crippen molar-refractivity contribution in [2.45, 2.75) is 46.6 Å². The van der Waals surface area contributed by atoms with Gasteiger partial charge in [0.25, 0.3) is 11.1 Å². The monoisotopic (exact) mass is 388 g/mol. The predicted octanol–water partition coefficient (Wildman–Crippen LogP) is 2.35. The summed E-state index contributed by atoms with van der Waals surface area (Å²) in [6.45, 7) is 7.80. The van der Waals surface area contributed by atoms with Gasteiger partial charge in [0, 0.05) is 28.8 Å². The molecule has 0 aromatic carbocycles. The van der Waals surface area contributed by atoms with Crippen LogP contribution in [0.5, 0.6) is 0 Å². The van der Waals surface area contributed by atoms with Gasteiger partial charge in [0.05, 0.1) is 11.4 Å². The van der Waals surface area contributed by atoms with Gasteiger partial charge in [0.1, 0.15) is 5.65 Å². The summed E-state index contributed by atoms with van der Waals surface area (Å²) in [6.07, 6.45) is 0.471. The summed E-state index contributed by atoms with van der Waals surface area (Å²) in [7, 11) is 1.67. The van der Waals surface area contributed by atoms with E-state index in [0.717, 1.165) is 5.56 Å². The number of hydrogen-bond acceptors (Lipinski definition) is 4. The standard InChI is InChI=1S/C19H24N4O3S/c1-9-8-14(12(4)27-9)11(3)20-15(24)7-6-13-10(2)16-17(21-18(13)25)23(5)22-19(16)26/h8,11H,6-7H2,1-5H3,(H,20,24)(H,21,25)(H,22,26)/t11-/m0/s1. The van der Waals surface area contributed by atoms with Crippen molar-refractivity contribution in [1.82, 2.24) is 20.1 Å². The zero-order valence-electron chi connectivity index (χ0n) is 16.1. The topological polar surface area (TPSA) is 99.8 Å². The maximum Gasteiger partial charge on any atom is 0.273 e. The normalized spacial score (nSPS) is 12.5. The van der Waals surface area contributed by atoms with Gasteiger partial charge in [-0.25, -0.2) is 0 Å². The van der Waals surface area contributed by atoms with Crippen LogP contribution < -0.4 is 16.4 Å². The third-order valence-electron chi connectivity index (χ3n) is 4.93. The Morgan fingerprint density at radius 2 is 1.96 bits per heavy atom. The van der Waals surface area contributed by atoms with Gasteiger partial charge < -0.3 is 10.3 Å². The average Bonchev–Trinajstić information content (AvgIpc) is 3.05. The summed E-state index contributed by atoms with van der Waals surface area (Å²) in [4.78, 5) is 42.0. The number of fused-ring (bicyclic) bond motifs is 1. The highest BCUT2D eigenvalue weighted by Crippen LogP contribution is 2.26. The summed E-state index contributed by atoms with van der Waals surface area (Å²) in [5, 5.41) is 6.10. The van der Waals surface area contributed by atoms with Crippen LogP contribution in [0, 0.1) is 20.8 Å². The van der Waals surface area contributed by atoms with E-state index in [1.165, 1.54) is 14.4 Å². The van der Waals surface area contributed by atoms with Gasteiger partial charge in [-0.1, -0.05) is 0 Å². The van der Waals surface area contributed by atoms with Gasteiger partial charge in [0.2, 0.25) is 5.91 Å². The molecule has 144 valence electrons. The molecular formula is C19H24N4O3S. The van der Waals surface area contributed by atoms with Crippen molar-refractivity contribution in [3.8, 4) is 0 Å². The van der Waals surface area contributed by atoms with Gasteiger partial charge in [-0.2, -0.15) is 0 Å². The van der Waals surface area contributed by atoms with Crippen molar-refractivity contribution in [3.63, 3.8) is 0 Å². The Morgan fingerprint density at radius 3 is 2.59 bits per heavy atom. The van der Waals surface area contributed by atoms with E-state index in [1.807, 2.05) is 20.8 Å². The highest BCUT2D eigenvalue weighted by molar-refractivity contribution is 7.12. The van der Waals surface area contributed by atoms with E-state index >= 15 is 0 Å². The molecule has 1 atom stereocenters. The van der Waals surface area contributed by atoms with Gasteiger partial charge in [0.15, 0.2) is 0 Å². The molecule has 1 amide bonds. The lowest BCUT2D eigenvalue weighted by molar-refractivity contribution is -0.121. The number of pyridine rings is 1. The lowest BCUT2D eigenvalue weighted by Gasteiger charge is -2.14. The van der Waals surface area contributed by atoms with Crippen LogP contribution >= 0.6 is 11.3 Å². The summed E-state index contributed by atoms with van der Waals surface area (Å²) in [6, 6.07) is 2.01. The number of aryl methyl sites for hydroxylation is 4. The second-order valence-electron chi connectivity index (χ2n) is 6.94. The zero-order chi connectivity index (χ0) is 19.9. The van der Waals surface area contributed by atoms with Crippen molar-refractivity contribution < 1.29 is 4.79 Å². The Bertz CT molecular complexity index is 1130. The maximum absolute atomic E-state index is 12.4. The van der Waals surface area contributed by atoms with Crippen molar-refractivity contribution >= 4 is 28.3 Å². The summed E-state index contributed by atoms with van der Waals surface area (Å²) in [5.74, 6) is -0.119. The number of aromatic nitrogens is 3. The van der Waals surface area contributed by atoms with Gasteiger partial charge in [-0.05, 0) is 51.3 Å². The zero-order valence-corrected chi connectivity index (χ0v) is 17.0. The minimum absolute atomic E-state index is 0.0821. The number of H-pyrrole nitrogens is 2. The first-order valence-corrected chi connectivity index (χ1v) is 9.67. The number of thiophene rings is 1. The quantitative estimate of drug-likeness (QED) is 0.625. The Hall–Kier alpha value is -2.61. The van der Waals surface area contributed by atoms with Crippen LogP contribution in [0.25, 0.3) is 11.0 Å². The summed E-state index contributed by atoms with van der Waals surface area (Å²) in [5.41, 5.74) is 2.18. The molecule has 0 spiro atoms. The van der Waals surface area contributed by atoms with Crippen LogP contribution in [-0.4, -0.2) is 20.7 Å². The highest BCUT2D eigenvalue weighted by Gasteiger charge is 2.17. The number of carbonyl (C=O) groups excluding carboxylic acids is 1. The predicted molar refractivity (Wildman–Crippen MR) is 108 cm³/mol. The first kappa shape index (κ1) is 19.2. The van der Waals surface area contributed by atoms with Crippen molar-refractivity contribution in [3.05, 3.63) is 53.2 Å². The SMILES string of the molecule is Cc1cc([C@H](C)NC(=O)CCc2c(C)c3c(=O)[nH]n(C)c3[nH]c2=O)c(C)s1. The molecule has 3 N–H and O–H groups in total. The summed E-state index contributed by atoms with van der Waals surface area (Å²) < 4.78 is 1.50. The molecule has 3 rings (SSSR count). The Balaban J connectivity index is 1.76. The molecule has 27 heavy (non-hydrogen) atoms. The van der Waals surface area contributed by atoms with E-state index in [4.69, 9.17) is 0 Å². The first-order valence-electron chi connectivity index (χ1n) is 8.85. The van der Waals surface area contributed by atoms with Crippen molar-refractivity contribution in [2.75, 3.05) is 0 Å². The molecule has 0 bridgehead atoms. The minimum Gasteiger partial charge on any atom is -0.350 e. The third kappa shape index (κ3) is 3.62. The number of hydrogen-bond donors (Lipinski definition) is 3. The van der Waals surface area contributed by atoms with E-state index in [-0.39, 0.29) is 35.9 Å². The molecule has 0 saturated carbocycles. The van der Waals surface area contributed by atoms with E-state index in [0.29, 0.717) is 22.2 Å². The largest absolute Gasteiger partial charge is 0.350 e. The van der Waals surface area contributed by atoms with Crippen LogP contribution in [0.2, 0.25) is 0 Å². The van der Waals surface area contributed by atoms with E-state index in [9.17, 15) is 14.4 Å². The van der Waals surface area contributed by atoms with Gasteiger partial charge in [-0.3, -0.25) is 24.2 Å². The van der Waals surface area contributed by atoms with Gasteiger partial charge >= 0.3 is 0 Å². The lowest BCUT2D eigenvalue weighted by atomic mass is 10.0. The molecule has 0 aliphatic heterocycles. The molecule has 0 fully saturated rings. The van der Waals surface area contributed by atoms with E-state index < -0.39 is 0 Å². The van der Waals surface area contributed by atoms with Crippen LogP contribution in [0.15, 0.2) is 15.7 Å². The molecule has 0 aliphatic rings. The molecule has 3 heterocycles. The van der Waals surface area contributed by atoms with Crippen molar-refractivity contribution in [1.29, 1.82) is 0 Å². The molecule has 0 unspecified atom stereocenters. The Labute approximate surface area is 160 Å². The fourth-order valence-electron chi connectivity index (χ4n) is 3.55. The Kier molecular flexibility index (Phi) is 5.10. The number of aromatic amines is 2. The molecule has 3 aromatic rings. The molecular weight excluding hydrogens is 364 g/mol. The van der Waals surface area contributed by atoms with Crippen LogP contribution in [-0.2, 0) is 18.3 Å². The van der Waals surface area contributed by atoms with Crippen LogP contribution in [0.1, 0.15) is 45.8 Å². The molecule has 0 radical (unpaired) electrons. The Morgan fingerprint density at radius 1 is 1.26 bits per heavy atom. The number of carbonyl (C=O) groups is 1.